The molecule has 3 nitrogen and oxygen atoms in total. The minimum absolute atomic E-state index is 0.0465. The molecule has 112 valence electrons. The molecule has 21 heavy (non-hydrogen) atoms. The molecular formula is C16H18FNO2S. The number of aryl methyl sites for hydroxylation is 1. The highest BCUT2D eigenvalue weighted by molar-refractivity contribution is 7.91. The summed E-state index contributed by atoms with van der Waals surface area (Å²) in [6, 6.07) is 11.7. The Morgan fingerprint density at radius 1 is 1.14 bits per heavy atom. The Labute approximate surface area is 124 Å². The van der Waals surface area contributed by atoms with Crippen LogP contribution in [0.5, 0.6) is 0 Å². The van der Waals surface area contributed by atoms with Crippen LogP contribution in [0.3, 0.4) is 0 Å². The summed E-state index contributed by atoms with van der Waals surface area (Å²) in [4.78, 5) is 0.278. The maximum absolute atomic E-state index is 13.5. The standard InChI is InChI=1S/C16H18FNO2S/c1-3-21(19,20)16-7-5-4-6-15(16)18-11-13-9-8-12(2)14(17)10-13/h4-10,18H,3,11H2,1-2H3. The van der Waals surface area contributed by atoms with Gasteiger partial charge in [0.2, 0.25) is 0 Å². The van der Waals surface area contributed by atoms with Crippen LogP contribution in [0.1, 0.15) is 18.1 Å². The Bertz CT molecular complexity index is 742. The number of benzene rings is 2. The van der Waals surface area contributed by atoms with Gasteiger partial charge in [0.15, 0.2) is 9.84 Å². The lowest BCUT2D eigenvalue weighted by Gasteiger charge is -2.12. The highest BCUT2D eigenvalue weighted by Gasteiger charge is 2.15. The van der Waals surface area contributed by atoms with Crippen molar-refractivity contribution in [3.63, 3.8) is 0 Å². The van der Waals surface area contributed by atoms with Crippen LogP contribution in [0.25, 0.3) is 0 Å². The molecule has 2 aromatic carbocycles. The van der Waals surface area contributed by atoms with Crippen molar-refractivity contribution in [1.82, 2.24) is 0 Å². The van der Waals surface area contributed by atoms with E-state index in [4.69, 9.17) is 0 Å². The van der Waals surface area contributed by atoms with Gasteiger partial charge in [-0.15, -0.1) is 0 Å². The van der Waals surface area contributed by atoms with Crippen LogP contribution in [0.4, 0.5) is 10.1 Å². The SMILES string of the molecule is CCS(=O)(=O)c1ccccc1NCc1ccc(C)c(F)c1. The summed E-state index contributed by atoms with van der Waals surface area (Å²) < 4.78 is 37.6. The molecular weight excluding hydrogens is 289 g/mol. The van der Waals surface area contributed by atoms with E-state index >= 15 is 0 Å². The average molecular weight is 307 g/mol. The van der Waals surface area contributed by atoms with E-state index in [9.17, 15) is 12.8 Å². The van der Waals surface area contributed by atoms with Crippen molar-refractivity contribution < 1.29 is 12.8 Å². The summed E-state index contributed by atoms with van der Waals surface area (Å²) in [7, 11) is -3.28. The lowest BCUT2D eigenvalue weighted by atomic mass is 10.1. The van der Waals surface area contributed by atoms with Crippen molar-refractivity contribution in [2.75, 3.05) is 11.1 Å². The topological polar surface area (TPSA) is 46.2 Å². The largest absolute Gasteiger partial charge is 0.380 e. The molecule has 2 rings (SSSR count). The van der Waals surface area contributed by atoms with Crippen molar-refractivity contribution in [2.45, 2.75) is 25.3 Å². The fourth-order valence-corrected chi connectivity index (χ4v) is 3.06. The highest BCUT2D eigenvalue weighted by Crippen LogP contribution is 2.22. The van der Waals surface area contributed by atoms with E-state index in [1.807, 2.05) is 6.07 Å². The van der Waals surface area contributed by atoms with Gasteiger partial charge in [-0.25, -0.2) is 12.8 Å². The zero-order valence-corrected chi connectivity index (χ0v) is 12.9. The third kappa shape index (κ3) is 3.61. The summed E-state index contributed by atoms with van der Waals surface area (Å²) in [5.41, 5.74) is 1.90. The van der Waals surface area contributed by atoms with Gasteiger partial charge in [-0.1, -0.05) is 31.2 Å². The van der Waals surface area contributed by atoms with Crippen LogP contribution in [0.15, 0.2) is 47.4 Å². The van der Waals surface area contributed by atoms with Gasteiger partial charge < -0.3 is 5.32 Å². The lowest BCUT2D eigenvalue weighted by molar-refractivity contribution is 0.597. The van der Waals surface area contributed by atoms with E-state index in [1.165, 1.54) is 6.07 Å². The molecule has 0 saturated carbocycles. The van der Waals surface area contributed by atoms with Crippen molar-refractivity contribution in [2.24, 2.45) is 0 Å². The number of nitrogens with one attached hydrogen (secondary N) is 1. The van der Waals surface area contributed by atoms with Crippen LogP contribution in [-0.4, -0.2) is 14.2 Å². The number of sulfone groups is 1. The number of para-hydroxylation sites is 1. The number of rotatable bonds is 5. The van der Waals surface area contributed by atoms with Crippen molar-refractivity contribution in [3.8, 4) is 0 Å². The second kappa shape index (κ2) is 6.26. The van der Waals surface area contributed by atoms with E-state index in [0.29, 0.717) is 17.8 Å². The van der Waals surface area contributed by atoms with Gasteiger partial charge in [0.25, 0.3) is 0 Å². The summed E-state index contributed by atoms with van der Waals surface area (Å²) in [6.45, 7) is 3.69. The Morgan fingerprint density at radius 2 is 1.86 bits per heavy atom. The first kappa shape index (κ1) is 15.5. The Kier molecular flexibility index (Phi) is 4.63. The highest BCUT2D eigenvalue weighted by atomic mass is 32.2. The predicted octanol–water partition coefficient (Wildman–Crippen LogP) is 3.54. The second-order valence-corrected chi connectivity index (χ2v) is 7.08. The second-order valence-electron chi connectivity index (χ2n) is 4.84. The quantitative estimate of drug-likeness (QED) is 0.919. The average Bonchev–Trinajstić information content (AvgIpc) is 2.49. The maximum Gasteiger partial charge on any atom is 0.180 e. The smallest absolute Gasteiger partial charge is 0.180 e. The molecule has 0 aromatic heterocycles. The molecule has 0 unspecified atom stereocenters. The van der Waals surface area contributed by atoms with Gasteiger partial charge in [0, 0.05) is 6.54 Å². The molecule has 0 spiro atoms. The minimum Gasteiger partial charge on any atom is -0.380 e. The molecule has 0 saturated heterocycles. The molecule has 0 radical (unpaired) electrons. The monoisotopic (exact) mass is 307 g/mol. The van der Waals surface area contributed by atoms with Crippen molar-refractivity contribution in [3.05, 3.63) is 59.4 Å². The maximum atomic E-state index is 13.5. The van der Waals surface area contributed by atoms with Crippen LogP contribution in [-0.2, 0) is 16.4 Å². The lowest BCUT2D eigenvalue weighted by Crippen LogP contribution is -2.09. The van der Waals surface area contributed by atoms with Gasteiger partial charge >= 0.3 is 0 Å². The van der Waals surface area contributed by atoms with Crippen molar-refractivity contribution >= 4 is 15.5 Å². The molecule has 0 amide bonds. The van der Waals surface area contributed by atoms with Crippen LogP contribution in [0, 0.1) is 12.7 Å². The number of hydrogen-bond acceptors (Lipinski definition) is 3. The molecule has 0 atom stereocenters. The first-order valence-electron chi connectivity index (χ1n) is 6.74. The third-order valence-electron chi connectivity index (χ3n) is 3.32. The number of hydrogen-bond donors (Lipinski definition) is 1. The Morgan fingerprint density at radius 3 is 2.52 bits per heavy atom. The fourth-order valence-electron chi connectivity index (χ4n) is 1.98. The van der Waals surface area contributed by atoms with Crippen LogP contribution < -0.4 is 5.32 Å². The Balaban J connectivity index is 2.23. The van der Waals surface area contributed by atoms with Crippen molar-refractivity contribution in [1.29, 1.82) is 0 Å². The predicted molar refractivity (Wildman–Crippen MR) is 82.6 cm³/mol. The van der Waals surface area contributed by atoms with Crippen LogP contribution >= 0.6 is 0 Å². The third-order valence-corrected chi connectivity index (χ3v) is 5.11. The summed E-state index contributed by atoms with van der Waals surface area (Å²) >= 11 is 0. The molecule has 0 bridgehead atoms. The van der Waals surface area contributed by atoms with E-state index in [2.05, 4.69) is 5.32 Å². The summed E-state index contributed by atoms with van der Waals surface area (Å²) in [5.74, 6) is -0.214. The van der Waals surface area contributed by atoms with Gasteiger partial charge in [-0.3, -0.25) is 0 Å². The fraction of sp³-hybridized carbons (Fsp3) is 0.250. The van der Waals surface area contributed by atoms with Gasteiger partial charge in [0.05, 0.1) is 16.3 Å². The Hall–Kier alpha value is -1.88. The molecule has 0 aliphatic carbocycles. The first-order chi connectivity index (χ1) is 9.94. The molecule has 0 heterocycles. The number of anilines is 1. The zero-order chi connectivity index (χ0) is 15.5. The molecule has 5 heteroatoms. The van der Waals surface area contributed by atoms with E-state index in [1.54, 1.807) is 44.2 Å². The van der Waals surface area contributed by atoms with E-state index < -0.39 is 9.84 Å². The molecule has 0 aliphatic heterocycles. The van der Waals surface area contributed by atoms with Gasteiger partial charge in [-0.05, 0) is 36.2 Å². The molecule has 2 aromatic rings. The van der Waals surface area contributed by atoms with Crippen LogP contribution in [0.2, 0.25) is 0 Å². The zero-order valence-electron chi connectivity index (χ0n) is 12.1. The molecule has 1 N–H and O–H groups in total. The summed E-state index contributed by atoms with van der Waals surface area (Å²) in [5, 5.41) is 3.07. The molecule has 0 fully saturated rings. The van der Waals surface area contributed by atoms with Gasteiger partial charge in [-0.2, -0.15) is 0 Å². The first-order valence-corrected chi connectivity index (χ1v) is 8.40. The summed E-state index contributed by atoms with van der Waals surface area (Å²) in [6.07, 6.45) is 0. The normalized spacial score (nSPS) is 11.4. The minimum atomic E-state index is -3.28. The molecule has 0 aliphatic rings. The van der Waals surface area contributed by atoms with Gasteiger partial charge in [0.1, 0.15) is 5.82 Å². The number of halogens is 1. The van der Waals surface area contributed by atoms with E-state index in [-0.39, 0.29) is 16.5 Å². The van der Waals surface area contributed by atoms with E-state index in [0.717, 1.165) is 5.56 Å².